The number of rotatable bonds is 6. The molecule has 3 aromatic rings. The minimum Gasteiger partial charge on any atom is -0.487 e. The first-order valence-electron chi connectivity index (χ1n) is 8.57. The van der Waals surface area contributed by atoms with Crippen molar-refractivity contribution >= 4 is 17.2 Å². The van der Waals surface area contributed by atoms with E-state index in [1.807, 2.05) is 26.0 Å². The van der Waals surface area contributed by atoms with E-state index in [2.05, 4.69) is 10.3 Å². The van der Waals surface area contributed by atoms with Crippen LogP contribution in [0, 0.1) is 6.92 Å². The number of carbonyl (C=O) groups is 1. The number of hydrogen-bond donors (Lipinski definition) is 1. The number of aryl methyl sites for hydroxylation is 1. The van der Waals surface area contributed by atoms with E-state index >= 15 is 0 Å². The molecule has 1 N–H and O–H groups in total. The zero-order valence-corrected chi connectivity index (χ0v) is 14.9. The van der Waals surface area contributed by atoms with Crippen molar-refractivity contribution in [2.45, 2.75) is 33.3 Å². The fourth-order valence-electron chi connectivity index (χ4n) is 2.63. The standard InChI is InChI=1S/C20H21N3O3/c1-3-5-18(24)21-15-7-9-17(10-8-15)26-13-16-12-19(25)23-11-4-6-14(2)20(23)22-16/h4,6-12H,3,5,13H2,1-2H3,(H,21,24). The molecule has 0 saturated heterocycles. The van der Waals surface area contributed by atoms with Crippen molar-refractivity contribution in [1.82, 2.24) is 9.38 Å². The number of anilines is 1. The van der Waals surface area contributed by atoms with Gasteiger partial charge < -0.3 is 10.1 Å². The van der Waals surface area contributed by atoms with Crippen molar-refractivity contribution in [3.8, 4) is 5.75 Å². The number of pyridine rings is 1. The molecule has 0 spiro atoms. The van der Waals surface area contributed by atoms with Crippen molar-refractivity contribution in [3.63, 3.8) is 0 Å². The van der Waals surface area contributed by atoms with Crippen LogP contribution < -0.4 is 15.6 Å². The van der Waals surface area contributed by atoms with E-state index < -0.39 is 0 Å². The first-order valence-corrected chi connectivity index (χ1v) is 8.57. The summed E-state index contributed by atoms with van der Waals surface area (Å²) in [5.74, 6) is 0.641. The summed E-state index contributed by atoms with van der Waals surface area (Å²) in [6, 6.07) is 12.3. The summed E-state index contributed by atoms with van der Waals surface area (Å²) < 4.78 is 7.24. The van der Waals surface area contributed by atoms with Gasteiger partial charge in [0.2, 0.25) is 5.91 Å². The average molecular weight is 351 g/mol. The smallest absolute Gasteiger partial charge is 0.258 e. The number of benzene rings is 1. The van der Waals surface area contributed by atoms with Gasteiger partial charge in [-0.15, -0.1) is 0 Å². The van der Waals surface area contributed by atoms with Crippen LogP contribution in [0.2, 0.25) is 0 Å². The molecular formula is C20H21N3O3. The largest absolute Gasteiger partial charge is 0.487 e. The maximum atomic E-state index is 12.2. The Balaban J connectivity index is 1.69. The Morgan fingerprint density at radius 2 is 2.00 bits per heavy atom. The van der Waals surface area contributed by atoms with E-state index in [1.54, 1.807) is 30.5 Å². The molecule has 26 heavy (non-hydrogen) atoms. The highest BCUT2D eigenvalue weighted by atomic mass is 16.5. The fourth-order valence-corrected chi connectivity index (χ4v) is 2.63. The number of nitrogens with zero attached hydrogens (tertiary/aromatic N) is 2. The van der Waals surface area contributed by atoms with Gasteiger partial charge in [-0.2, -0.15) is 0 Å². The third kappa shape index (κ3) is 4.08. The number of amides is 1. The maximum absolute atomic E-state index is 12.2. The number of ether oxygens (including phenoxy) is 1. The first kappa shape index (κ1) is 17.7. The molecule has 0 unspecified atom stereocenters. The van der Waals surface area contributed by atoms with Crippen LogP contribution in [0.3, 0.4) is 0 Å². The second-order valence-corrected chi connectivity index (χ2v) is 6.08. The van der Waals surface area contributed by atoms with E-state index in [-0.39, 0.29) is 18.1 Å². The van der Waals surface area contributed by atoms with E-state index in [9.17, 15) is 9.59 Å². The Kier molecular flexibility index (Phi) is 5.31. The Bertz CT molecular complexity index is 978. The Labute approximate surface area is 151 Å². The number of aromatic nitrogens is 2. The second kappa shape index (κ2) is 7.82. The number of nitrogens with one attached hydrogen (secondary N) is 1. The lowest BCUT2D eigenvalue weighted by Gasteiger charge is -2.09. The molecule has 0 bridgehead atoms. The van der Waals surface area contributed by atoms with E-state index in [1.165, 1.54) is 10.5 Å². The van der Waals surface area contributed by atoms with Crippen LogP contribution in [-0.2, 0) is 11.4 Å². The molecule has 1 aromatic carbocycles. The molecule has 0 atom stereocenters. The zero-order valence-electron chi connectivity index (χ0n) is 14.9. The van der Waals surface area contributed by atoms with Crippen LogP contribution in [-0.4, -0.2) is 15.3 Å². The van der Waals surface area contributed by atoms with E-state index in [0.29, 0.717) is 23.5 Å². The third-order valence-corrected chi connectivity index (χ3v) is 3.94. The van der Waals surface area contributed by atoms with E-state index in [4.69, 9.17) is 4.74 Å². The minimum absolute atomic E-state index is 0.00243. The van der Waals surface area contributed by atoms with Gasteiger partial charge >= 0.3 is 0 Å². The van der Waals surface area contributed by atoms with Crippen molar-refractivity contribution in [3.05, 3.63) is 70.3 Å². The summed E-state index contributed by atoms with van der Waals surface area (Å²) in [6.07, 6.45) is 3.01. The monoisotopic (exact) mass is 351 g/mol. The summed E-state index contributed by atoms with van der Waals surface area (Å²) in [5, 5.41) is 2.83. The highest BCUT2D eigenvalue weighted by Crippen LogP contribution is 2.17. The van der Waals surface area contributed by atoms with Gasteiger partial charge in [0.15, 0.2) is 0 Å². The molecule has 0 aliphatic rings. The molecule has 0 aliphatic carbocycles. The van der Waals surface area contributed by atoms with Gasteiger partial charge in [0.05, 0.1) is 5.69 Å². The topological polar surface area (TPSA) is 72.7 Å². The molecule has 134 valence electrons. The van der Waals surface area contributed by atoms with Gasteiger partial charge in [-0.3, -0.25) is 14.0 Å². The molecule has 6 nitrogen and oxygen atoms in total. The minimum atomic E-state index is -0.133. The predicted molar refractivity (Wildman–Crippen MR) is 101 cm³/mol. The van der Waals surface area contributed by atoms with Crippen molar-refractivity contribution < 1.29 is 9.53 Å². The zero-order chi connectivity index (χ0) is 18.5. The lowest BCUT2D eigenvalue weighted by molar-refractivity contribution is -0.116. The van der Waals surface area contributed by atoms with Crippen molar-refractivity contribution in [1.29, 1.82) is 0 Å². The predicted octanol–water partition coefficient (Wildman–Crippen LogP) is 3.32. The molecule has 2 heterocycles. The molecule has 2 aromatic heterocycles. The molecule has 0 aliphatic heterocycles. The quantitative estimate of drug-likeness (QED) is 0.739. The molecule has 1 amide bonds. The first-order chi connectivity index (χ1) is 12.6. The number of carbonyl (C=O) groups excluding carboxylic acids is 1. The molecular weight excluding hydrogens is 330 g/mol. The summed E-state index contributed by atoms with van der Waals surface area (Å²) in [4.78, 5) is 28.3. The molecule has 0 saturated carbocycles. The summed E-state index contributed by atoms with van der Waals surface area (Å²) in [5.41, 5.74) is 2.73. The van der Waals surface area contributed by atoms with Crippen molar-refractivity contribution in [2.75, 3.05) is 5.32 Å². The Hall–Kier alpha value is -3.15. The second-order valence-electron chi connectivity index (χ2n) is 6.08. The van der Waals surface area contributed by atoms with Gasteiger partial charge in [0.1, 0.15) is 18.0 Å². The normalized spacial score (nSPS) is 10.7. The summed E-state index contributed by atoms with van der Waals surface area (Å²) in [7, 11) is 0. The molecule has 3 rings (SSSR count). The lowest BCUT2D eigenvalue weighted by atomic mass is 10.2. The van der Waals surface area contributed by atoms with Crippen LogP contribution >= 0.6 is 0 Å². The molecule has 0 fully saturated rings. The SMILES string of the molecule is CCCC(=O)Nc1ccc(OCc2cc(=O)n3cccc(C)c3n2)cc1. The van der Waals surface area contributed by atoms with Gasteiger partial charge in [-0.1, -0.05) is 13.0 Å². The molecule has 6 heteroatoms. The number of hydrogen-bond acceptors (Lipinski definition) is 4. The number of fused-ring (bicyclic) bond motifs is 1. The third-order valence-electron chi connectivity index (χ3n) is 3.94. The van der Waals surface area contributed by atoms with Crippen LogP contribution in [0.15, 0.2) is 53.5 Å². The fraction of sp³-hybridized carbons (Fsp3) is 0.250. The summed E-state index contributed by atoms with van der Waals surface area (Å²) in [6.45, 7) is 4.07. The highest BCUT2D eigenvalue weighted by Gasteiger charge is 2.06. The van der Waals surface area contributed by atoms with Crippen LogP contribution in [0.25, 0.3) is 5.65 Å². The van der Waals surface area contributed by atoms with Gasteiger partial charge in [-0.25, -0.2) is 4.98 Å². The maximum Gasteiger partial charge on any atom is 0.258 e. The van der Waals surface area contributed by atoms with Gasteiger partial charge in [0.25, 0.3) is 5.56 Å². The Morgan fingerprint density at radius 1 is 1.23 bits per heavy atom. The average Bonchev–Trinajstić information content (AvgIpc) is 2.62. The van der Waals surface area contributed by atoms with Crippen LogP contribution in [0.1, 0.15) is 31.0 Å². The Morgan fingerprint density at radius 3 is 2.73 bits per heavy atom. The van der Waals surface area contributed by atoms with Gasteiger partial charge in [0, 0.05) is 24.4 Å². The lowest BCUT2D eigenvalue weighted by Crippen LogP contribution is -2.17. The van der Waals surface area contributed by atoms with E-state index in [0.717, 1.165) is 17.7 Å². The van der Waals surface area contributed by atoms with Crippen LogP contribution in [0.5, 0.6) is 5.75 Å². The van der Waals surface area contributed by atoms with Crippen molar-refractivity contribution in [2.24, 2.45) is 0 Å². The summed E-state index contributed by atoms with van der Waals surface area (Å²) >= 11 is 0. The molecule has 0 radical (unpaired) electrons. The highest BCUT2D eigenvalue weighted by molar-refractivity contribution is 5.90. The van der Waals surface area contributed by atoms with Crippen LogP contribution in [0.4, 0.5) is 5.69 Å². The van der Waals surface area contributed by atoms with Gasteiger partial charge in [-0.05, 0) is 49.2 Å².